The SMILES string of the molecule is CC(NC(N)=NCCc1nc(C(F)(F)F)cs1)c1ccc(Cl)cc1Cl. The van der Waals surface area contributed by atoms with Gasteiger partial charge >= 0.3 is 6.18 Å². The van der Waals surface area contributed by atoms with Gasteiger partial charge in [0.25, 0.3) is 0 Å². The fourth-order valence-corrected chi connectivity index (χ4v) is 3.39. The Morgan fingerprint density at radius 3 is 2.72 bits per heavy atom. The maximum atomic E-state index is 12.5. The first-order chi connectivity index (χ1) is 11.7. The van der Waals surface area contributed by atoms with E-state index in [4.69, 9.17) is 28.9 Å². The molecule has 1 aromatic carbocycles. The second-order valence-corrected chi connectivity index (χ2v) is 6.96. The van der Waals surface area contributed by atoms with Crippen molar-refractivity contribution in [3.05, 3.63) is 49.9 Å². The van der Waals surface area contributed by atoms with Crippen LogP contribution in [-0.4, -0.2) is 17.5 Å². The lowest BCUT2D eigenvalue weighted by atomic mass is 10.1. The van der Waals surface area contributed by atoms with Crippen LogP contribution >= 0.6 is 34.5 Å². The molecule has 1 heterocycles. The summed E-state index contributed by atoms with van der Waals surface area (Å²) >= 11 is 12.9. The van der Waals surface area contributed by atoms with Crippen LogP contribution < -0.4 is 11.1 Å². The Morgan fingerprint density at radius 1 is 1.40 bits per heavy atom. The minimum Gasteiger partial charge on any atom is -0.370 e. The van der Waals surface area contributed by atoms with Crippen LogP contribution in [0.4, 0.5) is 13.2 Å². The van der Waals surface area contributed by atoms with Gasteiger partial charge in [-0.1, -0.05) is 29.3 Å². The van der Waals surface area contributed by atoms with Gasteiger partial charge in [0.2, 0.25) is 0 Å². The number of hydrogen-bond acceptors (Lipinski definition) is 3. The average molecular weight is 411 g/mol. The van der Waals surface area contributed by atoms with Gasteiger partial charge in [0.15, 0.2) is 11.7 Å². The van der Waals surface area contributed by atoms with Gasteiger partial charge in [-0.05, 0) is 24.6 Å². The molecular weight excluding hydrogens is 396 g/mol. The number of aromatic nitrogens is 1. The Balaban J connectivity index is 1.90. The zero-order chi connectivity index (χ0) is 18.6. The molecule has 0 aliphatic carbocycles. The van der Waals surface area contributed by atoms with Gasteiger partial charge < -0.3 is 11.1 Å². The quantitative estimate of drug-likeness (QED) is 0.555. The lowest BCUT2D eigenvalue weighted by Gasteiger charge is -2.16. The highest BCUT2D eigenvalue weighted by Crippen LogP contribution is 2.30. The molecule has 0 aliphatic rings. The molecule has 0 saturated heterocycles. The Bertz CT molecular complexity index is 761. The molecular formula is C15H15Cl2F3N4S. The van der Waals surface area contributed by atoms with E-state index in [0.717, 1.165) is 22.3 Å². The third kappa shape index (κ3) is 5.76. The van der Waals surface area contributed by atoms with Gasteiger partial charge in [0.1, 0.15) is 0 Å². The Morgan fingerprint density at radius 2 is 2.12 bits per heavy atom. The Kier molecular flexibility index (Phi) is 6.53. The number of hydrogen-bond donors (Lipinski definition) is 2. The highest BCUT2D eigenvalue weighted by Gasteiger charge is 2.33. The Hall–Kier alpha value is -1.51. The smallest absolute Gasteiger partial charge is 0.370 e. The lowest BCUT2D eigenvalue weighted by Crippen LogP contribution is -2.34. The molecule has 1 atom stereocenters. The van der Waals surface area contributed by atoms with Crippen LogP contribution in [0.5, 0.6) is 0 Å². The molecule has 136 valence electrons. The fourth-order valence-electron chi connectivity index (χ4n) is 2.03. The maximum absolute atomic E-state index is 12.5. The largest absolute Gasteiger partial charge is 0.434 e. The predicted octanol–water partition coefficient (Wildman–Crippen LogP) is 4.68. The normalized spacial score (nSPS) is 13.8. The molecule has 25 heavy (non-hydrogen) atoms. The van der Waals surface area contributed by atoms with Crippen molar-refractivity contribution >= 4 is 40.5 Å². The van der Waals surface area contributed by atoms with E-state index in [1.807, 2.05) is 6.92 Å². The Labute approximate surface area is 156 Å². The molecule has 0 saturated carbocycles. The fraction of sp³-hybridized carbons (Fsp3) is 0.333. The first-order valence-corrected chi connectivity index (χ1v) is 8.83. The summed E-state index contributed by atoms with van der Waals surface area (Å²) in [6, 6.07) is 4.92. The summed E-state index contributed by atoms with van der Waals surface area (Å²) in [5.41, 5.74) is 5.73. The number of nitrogens with one attached hydrogen (secondary N) is 1. The minimum absolute atomic E-state index is 0.172. The van der Waals surface area contributed by atoms with Crippen molar-refractivity contribution in [3.8, 4) is 0 Å². The average Bonchev–Trinajstić information content (AvgIpc) is 2.96. The van der Waals surface area contributed by atoms with E-state index in [1.54, 1.807) is 18.2 Å². The first-order valence-electron chi connectivity index (χ1n) is 7.20. The number of guanidine groups is 1. The van der Waals surface area contributed by atoms with Crippen molar-refractivity contribution in [1.82, 2.24) is 10.3 Å². The van der Waals surface area contributed by atoms with E-state index in [2.05, 4.69) is 15.3 Å². The lowest BCUT2D eigenvalue weighted by molar-refractivity contribution is -0.140. The van der Waals surface area contributed by atoms with Crippen molar-refractivity contribution in [2.24, 2.45) is 10.7 Å². The highest BCUT2D eigenvalue weighted by atomic mass is 35.5. The maximum Gasteiger partial charge on any atom is 0.434 e. The van der Waals surface area contributed by atoms with Crippen molar-refractivity contribution in [3.63, 3.8) is 0 Å². The summed E-state index contributed by atoms with van der Waals surface area (Å²) in [4.78, 5) is 7.64. The van der Waals surface area contributed by atoms with E-state index >= 15 is 0 Å². The van der Waals surface area contributed by atoms with Crippen LogP contribution in [0, 0.1) is 0 Å². The number of nitrogens with two attached hydrogens (primary N) is 1. The topological polar surface area (TPSA) is 63.3 Å². The summed E-state index contributed by atoms with van der Waals surface area (Å²) in [5, 5.41) is 5.36. The van der Waals surface area contributed by atoms with E-state index in [1.165, 1.54) is 0 Å². The second-order valence-electron chi connectivity index (χ2n) is 5.17. The van der Waals surface area contributed by atoms with Crippen molar-refractivity contribution in [2.75, 3.05) is 6.54 Å². The number of thiazole rings is 1. The molecule has 0 fully saturated rings. The molecule has 0 amide bonds. The zero-order valence-corrected chi connectivity index (χ0v) is 15.4. The molecule has 2 rings (SSSR count). The summed E-state index contributed by atoms with van der Waals surface area (Å²) in [6.07, 6.45) is -4.15. The number of halogens is 5. The van der Waals surface area contributed by atoms with Gasteiger partial charge in [0.05, 0.1) is 11.0 Å². The molecule has 2 aromatic rings. The number of aliphatic imine (C=N–C) groups is 1. The van der Waals surface area contributed by atoms with Crippen LogP contribution in [0.2, 0.25) is 10.0 Å². The molecule has 0 bridgehead atoms. The van der Waals surface area contributed by atoms with E-state index in [9.17, 15) is 13.2 Å². The number of alkyl halides is 3. The minimum atomic E-state index is -4.42. The monoisotopic (exact) mass is 410 g/mol. The number of rotatable bonds is 5. The van der Waals surface area contributed by atoms with Gasteiger partial charge in [-0.25, -0.2) is 4.98 Å². The summed E-state index contributed by atoms with van der Waals surface area (Å²) in [6.45, 7) is 2.08. The van der Waals surface area contributed by atoms with E-state index in [0.29, 0.717) is 15.1 Å². The van der Waals surface area contributed by atoms with Crippen LogP contribution in [-0.2, 0) is 12.6 Å². The second kappa shape index (κ2) is 8.25. The van der Waals surface area contributed by atoms with Gasteiger partial charge in [0, 0.05) is 28.4 Å². The van der Waals surface area contributed by atoms with Crippen molar-refractivity contribution in [1.29, 1.82) is 0 Å². The number of nitrogens with zero attached hydrogens (tertiary/aromatic N) is 2. The van der Waals surface area contributed by atoms with E-state index < -0.39 is 11.9 Å². The number of benzene rings is 1. The van der Waals surface area contributed by atoms with Gasteiger partial charge in [-0.3, -0.25) is 4.99 Å². The molecule has 0 radical (unpaired) electrons. The predicted molar refractivity (Wildman–Crippen MR) is 95.3 cm³/mol. The first kappa shape index (κ1) is 19.8. The van der Waals surface area contributed by atoms with Gasteiger partial charge in [-0.2, -0.15) is 13.2 Å². The van der Waals surface area contributed by atoms with Gasteiger partial charge in [-0.15, -0.1) is 11.3 Å². The van der Waals surface area contributed by atoms with Crippen LogP contribution in [0.3, 0.4) is 0 Å². The standard InChI is InChI=1S/C15H15Cl2F3N4S/c1-8(10-3-2-9(16)6-11(10)17)23-14(21)22-5-4-13-24-12(7-25-13)15(18,19)20/h2-3,6-8H,4-5H2,1H3,(H3,21,22,23). The van der Waals surface area contributed by atoms with Crippen LogP contribution in [0.15, 0.2) is 28.6 Å². The highest BCUT2D eigenvalue weighted by molar-refractivity contribution is 7.09. The summed E-state index contributed by atoms with van der Waals surface area (Å²) < 4.78 is 37.4. The third-order valence-corrected chi connectivity index (χ3v) is 4.71. The third-order valence-electron chi connectivity index (χ3n) is 3.24. The molecule has 1 aromatic heterocycles. The molecule has 0 aliphatic heterocycles. The van der Waals surface area contributed by atoms with Crippen LogP contribution in [0.1, 0.15) is 29.2 Å². The molecule has 4 nitrogen and oxygen atoms in total. The summed E-state index contributed by atoms with van der Waals surface area (Å²) in [7, 11) is 0. The zero-order valence-electron chi connectivity index (χ0n) is 13.1. The molecule has 1 unspecified atom stereocenters. The molecule has 3 N–H and O–H groups in total. The van der Waals surface area contributed by atoms with E-state index in [-0.39, 0.29) is 25.0 Å². The van der Waals surface area contributed by atoms with Crippen molar-refractivity contribution in [2.45, 2.75) is 25.6 Å². The van der Waals surface area contributed by atoms with Crippen LogP contribution in [0.25, 0.3) is 0 Å². The van der Waals surface area contributed by atoms with Crippen molar-refractivity contribution < 1.29 is 13.2 Å². The molecule has 0 spiro atoms. The summed E-state index contributed by atoms with van der Waals surface area (Å²) in [5.74, 6) is 0.172. The molecule has 10 heteroatoms.